The zero-order valence-corrected chi connectivity index (χ0v) is 7.52. The van der Waals surface area contributed by atoms with Gasteiger partial charge in [-0.3, -0.25) is 9.36 Å². The molecule has 0 atom stereocenters. The molecule has 2 aromatic rings. The SMILES string of the molecule is O=C(c1ccc(F)c(F)c1)n1ccnc1. The van der Waals surface area contributed by atoms with Crippen LogP contribution < -0.4 is 0 Å². The minimum absolute atomic E-state index is 0.0758. The lowest BCUT2D eigenvalue weighted by atomic mass is 10.2. The number of carbonyl (C=O) groups is 1. The van der Waals surface area contributed by atoms with E-state index in [1.54, 1.807) is 0 Å². The molecule has 0 aliphatic carbocycles. The van der Waals surface area contributed by atoms with Crippen LogP contribution in [0, 0.1) is 11.6 Å². The van der Waals surface area contributed by atoms with Crippen molar-refractivity contribution in [1.82, 2.24) is 9.55 Å². The summed E-state index contributed by atoms with van der Waals surface area (Å²) in [5, 5.41) is 0. The second-order valence-electron chi connectivity index (χ2n) is 2.90. The molecule has 0 radical (unpaired) electrons. The van der Waals surface area contributed by atoms with E-state index in [-0.39, 0.29) is 5.56 Å². The topological polar surface area (TPSA) is 34.9 Å². The molecule has 76 valence electrons. The maximum absolute atomic E-state index is 12.8. The molecule has 5 heteroatoms. The van der Waals surface area contributed by atoms with Crippen molar-refractivity contribution in [3.63, 3.8) is 0 Å². The summed E-state index contributed by atoms with van der Waals surface area (Å²) in [6, 6.07) is 3.00. The minimum atomic E-state index is -1.04. The van der Waals surface area contributed by atoms with E-state index in [1.807, 2.05) is 0 Å². The van der Waals surface area contributed by atoms with E-state index in [4.69, 9.17) is 0 Å². The molecule has 0 amide bonds. The van der Waals surface area contributed by atoms with E-state index in [9.17, 15) is 13.6 Å². The first kappa shape index (κ1) is 9.51. The number of imidazole rings is 1. The van der Waals surface area contributed by atoms with Crippen molar-refractivity contribution in [1.29, 1.82) is 0 Å². The zero-order valence-electron chi connectivity index (χ0n) is 7.52. The first-order valence-corrected chi connectivity index (χ1v) is 4.16. The summed E-state index contributed by atoms with van der Waals surface area (Å²) in [4.78, 5) is 15.3. The highest BCUT2D eigenvalue weighted by atomic mass is 19.2. The number of hydrogen-bond donors (Lipinski definition) is 0. The van der Waals surface area contributed by atoms with E-state index < -0.39 is 17.5 Å². The Morgan fingerprint density at radius 1 is 1.27 bits per heavy atom. The van der Waals surface area contributed by atoms with E-state index in [0.29, 0.717) is 0 Å². The lowest BCUT2D eigenvalue weighted by molar-refractivity contribution is 0.0959. The van der Waals surface area contributed by atoms with Crippen LogP contribution in [0.5, 0.6) is 0 Å². The third-order valence-corrected chi connectivity index (χ3v) is 1.91. The summed E-state index contributed by atoms with van der Waals surface area (Å²) in [5.74, 6) is -2.47. The van der Waals surface area contributed by atoms with Gasteiger partial charge < -0.3 is 0 Å². The summed E-state index contributed by atoms with van der Waals surface area (Å²) in [5.41, 5.74) is 0.0758. The van der Waals surface area contributed by atoms with Crippen molar-refractivity contribution in [3.8, 4) is 0 Å². The number of carbonyl (C=O) groups excluding carboxylic acids is 1. The number of rotatable bonds is 1. The molecule has 15 heavy (non-hydrogen) atoms. The van der Waals surface area contributed by atoms with Crippen LogP contribution in [0.3, 0.4) is 0 Å². The van der Waals surface area contributed by atoms with E-state index in [1.165, 1.54) is 29.4 Å². The van der Waals surface area contributed by atoms with Crippen LogP contribution in [0.15, 0.2) is 36.9 Å². The van der Waals surface area contributed by atoms with E-state index in [2.05, 4.69) is 4.98 Å². The smallest absolute Gasteiger partial charge is 0.263 e. The van der Waals surface area contributed by atoms with Gasteiger partial charge in [-0.05, 0) is 18.2 Å². The van der Waals surface area contributed by atoms with E-state index >= 15 is 0 Å². The van der Waals surface area contributed by atoms with Crippen LogP contribution in [-0.4, -0.2) is 15.5 Å². The quantitative estimate of drug-likeness (QED) is 0.716. The third-order valence-electron chi connectivity index (χ3n) is 1.91. The molecule has 3 nitrogen and oxygen atoms in total. The van der Waals surface area contributed by atoms with Gasteiger partial charge in [-0.1, -0.05) is 0 Å². The predicted octanol–water partition coefficient (Wildman–Crippen LogP) is 1.85. The Bertz CT molecular complexity index is 494. The van der Waals surface area contributed by atoms with Gasteiger partial charge in [-0.15, -0.1) is 0 Å². The predicted molar refractivity (Wildman–Crippen MR) is 48.3 cm³/mol. The molecule has 2 rings (SSSR count). The van der Waals surface area contributed by atoms with Crippen molar-refractivity contribution in [3.05, 3.63) is 54.1 Å². The highest BCUT2D eigenvalue weighted by Crippen LogP contribution is 2.09. The molecule has 1 heterocycles. The molecule has 1 aromatic carbocycles. The molecule has 0 aliphatic rings. The molecule has 0 unspecified atom stereocenters. The summed E-state index contributed by atoms with van der Waals surface area (Å²) >= 11 is 0. The normalized spacial score (nSPS) is 10.3. The summed E-state index contributed by atoms with van der Waals surface area (Å²) in [6.07, 6.45) is 4.16. The summed E-state index contributed by atoms with van der Waals surface area (Å²) < 4.78 is 26.6. The van der Waals surface area contributed by atoms with Crippen LogP contribution in [-0.2, 0) is 0 Å². The molecule has 0 spiro atoms. The van der Waals surface area contributed by atoms with Gasteiger partial charge in [0.05, 0.1) is 0 Å². The standard InChI is InChI=1S/C10H6F2N2O/c11-8-2-1-7(5-9(8)12)10(15)14-4-3-13-6-14/h1-6H. The van der Waals surface area contributed by atoms with Gasteiger partial charge in [0.25, 0.3) is 5.91 Å². The van der Waals surface area contributed by atoms with Gasteiger partial charge in [0.1, 0.15) is 6.33 Å². The van der Waals surface area contributed by atoms with E-state index in [0.717, 1.165) is 12.1 Å². The molecular formula is C10H6F2N2O. The molecule has 0 N–H and O–H groups in total. The Morgan fingerprint density at radius 2 is 2.07 bits per heavy atom. The van der Waals surface area contributed by atoms with Crippen molar-refractivity contribution in [2.45, 2.75) is 0 Å². The third kappa shape index (κ3) is 1.76. The summed E-state index contributed by atoms with van der Waals surface area (Å²) in [7, 11) is 0. The Hall–Kier alpha value is -2.04. The minimum Gasteiger partial charge on any atom is -0.272 e. The Kier molecular flexibility index (Phi) is 2.29. The highest BCUT2D eigenvalue weighted by Gasteiger charge is 2.10. The number of nitrogens with zero attached hydrogens (tertiary/aromatic N) is 2. The molecule has 0 bridgehead atoms. The van der Waals surface area contributed by atoms with Crippen LogP contribution >= 0.6 is 0 Å². The maximum atomic E-state index is 12.8. The van der Waals surface area contributed by atoms with Crippen molar-refractivity contribution < 1.29 is 13.6 Å². The average molecular weight is 208 g/mol. The summed E-state index contributed by atoms with van der Waals surface area (Å²) in [6.45, 7) is 0. The van der Waals surface area contributed by atoms with Crippen LogP contribution in [0.1, 0.15) is 10.4 Å². The molecule has 0 fully saturated rings. The lowest BCUT2D eigenvalue weighted by Gasteiger charge is -2.01. The van der Waals surface area contributed by atoms with Crippen LogP contribution in [0.25, 0.3) is 0 Å². The fourth-order valence-electron chi connectivity index (χ4n) is 1.16. The number of aromatic nitrogens is 2. The zero-order chi connectivity index (χ0) is 10.8. The number of benzene rings is 1. The second-order valence-corrected chi connectivity index (χ2v) is 2.90. The van der Waals surface area contributed by atoms with Gasteiger partial charge in [-0.25, -0.2) is 13.8 Å². The van der Waals surface area contributed by atoms with Crippen molar-refractivity contribution in [2.24, 2.45) is 0 Å². The van der Waals surface area contributed by atoms with Gasteiger partial charge in [0.2, 0.25) is 0 Å². The van der Waals surface area contributed by atoms with Crippen molar-refractivity contribution >= 4 is 5.91 Å². The number of halogens is 2. The molecule has 1 aromatic heterocycles. The molecule has 0 saturated carbocycles. The maximum Gasteiger partial charge on any atom is 0.263 e. The fourth-order valence-corrected chi connectivity index (χ4v) is 1.16. The monoisotopic (exact) mass is 208 g/mol. The van der Waals surface area contributed by atoms with Gasteiger partial charge in [-0.2, -0.15) is 0 Å². The molecule has 0 aliphatic heterocycles. The Labute approximate surface area is 84.0 Å². The van der Waals surface area contributed by atoms with Crippen LogP contribution in [0.4, 0.5) is 8.78 Å². The van der Waals surface area contributed by atoms with Crippen LogP contribution in [0.2, 0.25) is 0 Å². The van der Waals surface area contributed by atoms with Gasteiger partial charge in [0, 0.05) is 18.0 Å². The number of hydrogen-bond acceptors (Lipinski definition) is 2. The second kappa shape index (κ2) is 3.61. The molecular weight excluding hydrogens is 202 g/mol. The first-order valence-electron chi connectivity index (χ1n) is 4.16. The van der Waals surface area contributed by atoms with Gasteiger partial charge in [0.15, 0.2) is 11.6 Å². The average Bonchev–Trinajstić information content (AvgIpc) is 2.74. The van der Waals surface area contributed by atoms with Gasteiger partial charge >= 0.3 is 0 Å². The largest absolute Gasteiger partial charge is 0.272 e. The Morgan fingerprint density at radius 3 is 2.67 bits per heavy atom. The lowest BCUT2D eigenvalue weighted by Crippen LogP contribution is -2.10. The van der Waals surface area contributed by atoms with Crippen molar-refractivity contribution in [2.75, 3.05) is 0 Å². The first-order chi connectivity index (χ1) is 7.18. The fraction of sp³-hybridized carbons (Fsp3) is 0. The Balaban J connectivity index is 2.39. The highest BCUT2D eigenvalue weighted by molar-refractivity contribution is 5.95. The molecule has 0 saturated heterocycles.